The van der Waals surface area contributed by atoms with Crippen molar-refractivity contribution in [2.75, 3.05) is 19.1 Å². The Kier molecular flexibility index (Phi) is 6.88. The summed E-state index contributed by atoms with van der Waals surface area (Å²) in [4.78, 5) is 17.8. The molecule has 7 nitrogen and oxygen atoms in total. The molecule has 8 heteroatoms. The summed E-state index contributed by atoms with van der Waals surface area (Å²) in [6, 6.07) is 19.5. The highest BCUT2D eigenvalue weighted by Crippen LogP contribution is 2.38. The molecular weight excluding hydrogens is 500 g/mol. The minimum atomic E-state index is -1.04. The summed E-state index contributed by atoms with van der Waals surface area (Å²) in [6.45, 7) is 1.85. The van der Waals surface area contributed by atoms with Crippen LogP contribution >= 0.6 is 15.9 Å². The summed E-state index contributed by atoms with van der Waals surface area (Å²) in [5.41, 5.74) is 2.11. The number of anilines is 1. The first-order valence-electron chi connectivity index (χ1n) is 10.5. The lowest BCUT2D eigenvalue weighted by Crippen LogP contribution is -2.32. The van der Waals surface area contributed by atoms with Gasteiger partial charge < -0.3 is 19.3 Å². The number of nitrogens with zero attached hydrogens (tertiary/aromatic N) is 2. The van der Waals surface area contributed by atoms with Crippen LogP contribution in [0.1, 0.15) is 18.5 Å². The van der Waals surface area contributed by atoms with E-state index in [4.69, 9.17) is 14.2 Å². The third kappa shape index (κ3) is 4.63. The van der Waals surface area contributed by atoms with Gasteiger partial charge in [-0.25, -0.2) is 4.79 Å². The summed E-state index contributed by atoms with van der Waals surface area (Å²) < 4.78 is 17.7. The van der Waals surface area contributed by atoms with Gasteiger partial charge in [-0.05, 0) is 55.0 Å². The van der Waals surface area contributed by atoms with E-state index in [0.29, 0.717) is 34.2 Å². The molecule has 1 unspecified atom stereocenters. The Morgan fingerprint density at radius 3 is 2.29 bits per heavy atom. The fourth-order valence-electron chi connectivity index (χ4n) is 3.79. The van der Waals surface area contributed by atoms with Gasteiger partial charge in [0.25, 0.3) is 0 Å². The van der Waals surface area contributed by atoms with Crippen molar-refractivity contribution in [3.63, 3.8) is 0 Å². The van der Waals surface area contributed by atoms with Gasteiger partial charge in [-0.2, -0.15) is 0 Å². The van der Waals surface area contributed by atoms with Crippen LogP contribution in [0, 0.1) is 0 Å². The van der Waals surface area contributed by atoms with Gasteiger partial charge in [-0.3, -0.25) is 9.88 Å². The zero-order valence-corrected chi connectivity index (χ0v) is 20.4. The first kappa shape index (κ1) is 23.4. The van der Waals surface area contributed by atoms with E-state index in [1.807, 2.05) is 37.3 Å². The Hall–Kier alpha value is -3.78. The Morgan fingerprint density at radius 1 is 0.971 bits per heavy atom. The van der Waals surface area contributed by atoms with Gasteiger partial charge in [-0.1, -0.05) is 34.1 Å². The average molecular weight is 523 g/mol. The molecular formula is C26H23BrN2O5. The zero-order valence-electron chi connectivity index (χ0n) is 18.9. The second kappa shape index (κ2) is 10.0. The van der Waals surface area contributed by atoms with Gasteiger partial charge in [0.15, 0.2) is 11.5 Å². The number of ether oxygens (including phenoxy) is 3. The lowest BCUT2D eigenvalue weighted by atomic mass is 10.1. The number of benzene rings is 3. The quantitative estimate of drug-likeness (QED) is 0.280. The molecule has 0 bridgehead atoms. The van der Waals surface area contributed by atoms with Gasteiger partial charge in [-0.15, -0.1) is 0 Å². The monoisotopic (exact) mass is 522 g/mol. The van der Waals surface area contributed by atoms with E-state index < -0.39 is 12.1 Å². The van der Waals surface area contributed by atoms with E-state index in [0.717, 1.165) is 15.4 Å². The number of halogens is 1. The minimum absolute atomic E-state index is 0.397. The van der Waals surface area contributed by atoms with Crippen molar-refractivity contribution in [1.82, 2.24) is 4.98 Å². The van der Waals surface area contributed by atoms with Crippen LogP contribution in [0.25, 0.3) is 10.9 Å². The molecule has 0 aliphatic rings. The van der Waals surface area contributed by atoms with Crippen LogP contribution in [0.3, 0.4) is 0 Å². The molecule has 1 atom stereocenters. The Morgan fingerprint density at radius 2 is 1.65 bits per heavy atom. The Bertz CT molecular complexity index is 1330. The van der Waals surface area contributed by atoms with Crippen molar-refractivity contribution in [3.05, 3.63) is 83.0 Å². The largest absolute Gasteiger partial charge is 0.493 e. The van der Waals surface area contributed by atoms with Crippen LogP contribution < -0.4 is 19.1 Å². The molecule has 0 spiro atoms. The highest BCUT2D eigenvalue weighted by atomic mass is 79.9. The molecule has 0 fully saturated rings. The Labute approximate surface area is 205 Å². The third-order valence-corrected chi connectivity index (χ3v) is 6.22. The van der Waals surface area contributed by atoms with Crippen LogP contribution in [0.15, 0.2) is 77.4 Å². The molecule has 34 heavy (non-hydrogen) atoms. The van der Waals surface area contributed by atoms with Crippen molar-refractivity contribution in [3.8, 4) is 23.0 Å². The lowest BCUT2D eigenvalue weighted by Gasteiger charge is -2.27. The maximum Gasteiger partial charge on any atom is 0.412 e. The molecule has 3 aromatic carbocycles. The van der Waals surface area contributed by atoms with Crippen molar-refractivity contribution in [2.24, 2.45) is 0 Å². The molecule has 0 saturated carbocycles. The van der Waals surface area contributed by atoms with Gasteiger partial charge in [0.05, 0.1) is 25.8 Å². The second-order valence-electron chi connectivity index (χ2n) is 7.48. The summed E-state index contributed by atoms with van der Waals surface area (Å²) in [7, 11) is 3.14. The van der Waals surface area contributed by atoms with Gasteiger partial charge in [0.1, 0.15) is 11.5 Å². The number of amides is 1. The number of hydrogen-bond donors (Lipinski definition) is 1. The van der Waals surface area contributed by atoms with Gasteiger partial charge >= 0.3 is 6.09 Å². The minimum Gasteiger partial charge on any atom is -0.493 e. The summed E-state index contributed by atoms with van der Waals surface area (Å²) in [5.74, 6) is 2.30. The third-order valence-electron chi connectivity index (χ3n) is 5.50. The van der Waals surface area contributed by atoms with Crippen molar-refractivity contribution in [1.29, 1.82) is 0 Å². The molecule has 4 aromatic rings. The van der Waals surface area contributed by atoms with Crippen LogP contribution in [0.2, 0.25) is 0 Å². The molecule has 1 N–H and O–H groups in total. The van der Waals surface area contributed by atoms with E-state index in [2.05, 4.69) is 20.9 Å². The Balaban J connectivity index is 1.63. The second-order valence-corrected chi connectivity index (χ2v) is 8.33. The normalized spacial score (nSPS) is 11.6. The molecule has 1 aromatic heterocycles. The number of carboxylic acid groups (broad SMARTS) is 1. The first-order valence-corrected chi connectivity index (χ1v) is 11.3. The number of fused-ring (bicyclic) bond motifs is 1. The van der Waals surface area contributed by atoms with Crippen LogP contribution in [-0.4, -0.2) is 30.4 Å². The van der Waals surface area contributed by atoms with Crippen molar-refractivity contribution >= 4 is 38.6 Å². The first-order chi connectivity index (χ1) is 16.4. The van der Waals surface area contributed by atoms with Crippen LogP contribution in [0.5, 0.6) is 23.0 Å². The summed E-state index contributed by atoms with van der Waals surface area (Å²) in [5, 5.41) is 10.7. The van der Waals surface area contributed by atoms with E-state index in [1.54, 1.807) is 56.8 Å². The molecule has 0 saturated heterocycles. The molecule has 0 aliphatic heterocycles. The summed E-state index contributed by atoms with van der Waals surface area (Å²) in [6.07, 6.45) is 0.613. The highest BCUT2D eigenvalue weighted by molar-refractivity contribution is 9.10. The number of carbonyl (C=O) groups is 1. The van der Waals surface area contributed by atoms with E-state index in [-0.39, 0.29) is 0 Å². The predicted octanol–water partition coefficient (Wildman–Crippen LogP) is 7.05. The fraction of sp³-hybridized carbons (Fsp3) is 0.154. The smallest absolute Gasteiger partial charge is 0.412 e. The van der Waals surface area contributed by atoms with E-state index >= 15 is 0 Å². The van der Waals surface area contributed by atoms with E-state index in [1.165, 1.54) is 4.90 Å². The molecule has 0 radical (unpaired) electrons. The molecule has 1 amide bonds. The predicted molar refractivity (Wildman–Crippen MR) is 134 cm³/mol. The number of methoxy groups -OCH3 is 2. The number of pyridine rings is 1. The zero-order chi connectivity index (χ0) is 24.2. The van der Waals surface area contributed by atoms with Gasteiger partial charge in [0.2, 0.25) is 0 Å². The molecule has 4 rings (SSSR count). The SMILES string of the molecule is COc1cc2nccc(Oc3ccc(N(C(=O)O)C(C)c4ccccc4Br)cc3)c2cc1OC. The maximum absolute atomic E-state index is 12.1. The van der Waals surface area contributed by atoms with Crippen molar-refractivity contribution < 1.29 is 24.1 Å². The molecule has 1 heterocycles. The highest BCUT2D eigenvalue weighted by Gasteiger charge is 2.24. The fourth-order valence-corrected chi connectivity index (χ4v) is 4.41. The van der Waals surface area contributed by atoms with Crippen molar-refractivity contribution in [2.45, 2.75) is 13.0 Å². The van der Waals surface area contributed by atoms with Crippen LogP contribution in [0.4, 0.5) is 10.5 Å². The number of hydrogen-bond acceptors (Lipinski definition) is 5. The van der Waals surface area contributed by atoms with E-state index in [9.17, 15) is 9.90 Å². The number of rotatable bonds is 7. The number of aromatic nitrogens is 1. The lowest BCUT2D eigenvalue weighted by molar-refractivity contribution is 0.199. The van der Waals surface area contributed by atoms with Crippen LogP contribution in [-0.2, 0) is 0 Å². The molecule has 0 aliphatic carbocycles. The standard InChI is InChI=1S/C26H23BrN2O5/c1-16(19-6-4-5-7-21(19)27)29(26(30)31)17-8-10-18(11-9-17)34-23-12-13-28-22-15-25(33-3)24(32-2)14-20(22)23/h4-16H,1-3H3,(H,30,31). The average Bonchev–Trinajstić information content (AvgIpc) is 2.84. The maximum atomic E-state index is 12.1. The topological polar surface area (TPSA) is 81.1 Å². The van der Waals surface area contributed by atoms with Gasteiger partial charge in [0, 0.05) is 27.8 Å². The summed E-state index contributed by atoms with van der Waals surface area (Å²) >= 11 is 3.51. The molecule has 174 valence electrons.